The lowest BCUT2D eigenvalue weighted by Crippen LogP contribution is -2.09. The topological polar surface area (TPSA) is 85.3 Å². The number of anilines is 6. The number of furan rings is 6. The van der Waals surface area contributed by atoms with Crippen LogP contribution in [0.4, 0.5) is 34.1 Å². The van der Waals surface area contributed by atoms with E-state index in [2.05, 4.69) is 212 Å². The predicted octanol–water partition coefficient (Wildman–Crippen LogP) is 23.5. The first kappa shape index (κ1) is 46.4. The Morgan fingerprint density at radius 2 is 0.518 bits per heavy atom. The molecule has 8 heteroatoms. The molecular weight excluding hydrogens is 1050 g/mol. The second-order valence-electron chi connectivity index (χ2n) is 22.9. The molecule has 0 amide bonds. The fourth-order valence-electron chi connectivity index (χ4n) is 13.7. The molecule has 0 atom stereocenters. The smallest absolute Gasteiger partial charge is 0.142 e. The van der Waals surface area contributed by atoms with Crippen LogP contribution >= 0.6 is 0 Å². The van der Waals surface area contributed by atoms with Crippen LogP contribution in [0.25, 0.3) is 153 Å². The summed E-state index contributed by atoms with van der Waals surface area (Å²) in [6, 6.07) is 83.6. The molecule has 0 saturated carbocycles. The number of nitrogens with zero attached hydrogens (tertiary/aromatic N) is 2. The van der Waals surface area contributed by atoms with Gasteiger partial charge < -0.3 is 36.3 Å². The quantitative estimate of drug-likeness (QED) is 0.156. The molecule has 0 aliphatic rings. The molecular formula is C77H46N2O6. The zero-order chi connectivity index (χ0) is 55.8. The maximum absolute atomic E-state index is 7.07. The van der Waals surface area contributed by atoms with E-state index in [0.29, 0.717) is 0 Å². The zero-order valence-corrected chi connectivity index (χ0v) is 45.9. The first-order valence-corrected chi connectivity index (χ1v) is 28.9. The van der Waals surface area contributed by atoms with Gasteiger partial charge in [0.2, 0.25) is 0 Å². The van der Waals surface area contributed by atoms with Gasteiger partial charge in [-0.25, -0.2) is 0 Å². The number of rotatable bonds is 7. The first-order chi connectivity index (χ1) is 41.9. The maximum Gasteiger partial charge on any atom is 0.142 e. The van der Waals surface area contributed by atoms with Crippen molar-refractivity contribution in [3.63, 3.8) is 0 Å². The van der Waals surface area contributed by atoms with Gasteiger partial charge in [-0.3, -0.25) is 0 Å². The summed E-state index contributed by atoms with van der Waals surface area (Å²) in [5, 5.41) is 17.2. The Morgan fingerprint density at radius 3 is 0.859 bits per heavy atom. The van der Waals surface area contributed by atoms with Crippen molar-refractivity contribution in [2.75, 3.05) is 9.80 Å². The Kier molecular flexibility index (Phi) is 9.37. The summed E-state index contributed by atoms with van der Waals surface area (Å²) in [5.41, 5.74) is 17.3. The van der Waals surface area contributed by atoms with Crippen molar-refractivity contribution < 1.29 is 26.5 Å². The molecule has 19 aromatic rings. The van der Waals surface area contributed by atoms with E-state index in [4.69, 9.17) is 26.5 Å². The van der Waals surface area contributed by atoms with Gasteiger partial charge in [-0.2, -0.15) is 0 Å². The van der Waals surface area contributed by atoms with E-state index in [1.54, 1.807) is 0 Å². The van der Waals surface area contributed by atoms with Crippen LogP contribution in [0.15, 0.2) is 263 Å². The van der Waals surface area contributed by atoms with Gasteiger partial charge in [-0.05, 0) is 179 Å². The van der Waals surface area contributed by atoms with Crippen LogP contribution in [0, 0.1) is 0 Å². The highest BCUT2D eigenvalue weighted by atomic mass is 16.4. The van der Waals surface area contributed by atoms with Gasteiger partial charge in [0.05, 0.1) is 0 Å². The van der Waals surface area contributed by atoms with Crippen LogP contribution in [-0.4, -0.2) is 0 Å². The molecule has 0 saturated heterocycles. The molecule has 0 bridgehead atoms. The maximum atomic E-state index is 7.07. The van der Waals surface area contributed by atoms with Gasteiger partial charge in [0.25, 0.3) is 0 Å². The largest absolute Gasteiger partial charge is 0.456 e. The van der Waals surface area contributed by atoms with E-state index in [1.807, 2.05) is 48.5 Å². The lowest BCUT2D eigenvalue weighted by atomic mass is 9.95. The predicted molar refractivity (Wildman–Crippen MR) is 349 cm³/mol. The summed E-state index contributed by atoms with van der Waals surface area (Å²) in [7, 11) is 0. The standard InChI is InChI=1S/C77H46N2O6/c1-42(2)75-76-63(57-33-43-19-21-47(31-45(43)35-73(57)84-76)78(49-23-27-69-59(37-49)53-11-3-7-15-65(53)80-69)50-24-28-70-60(38-50)54-12-4-8-16-66(54)81-70)41-64-58-34-44-20-22-48(32-46(44)36-74(58)85-77(64)75)79(51-25-29-71-61(39-51)55-13-5-9-17-67(55)82-71)52-26-30-72-62(40-52)56-14-6-10-18-68(56)83-72/h3-42H,1-2H3. The molecule has 0 fully saturated rings. The highest BCUT2D eigenvalue weighted by molar-refractivity contribution is 6.21. The summed E-state index contributed by atoms with van der Waals surface area (Å²) in [5.74, 6) is 0.0974. The van der Waals surface area contributed by atoms with Crippen LogP contribution < -0.4 is 9.80 Å². The highest BCUT2D eigenvalue weighted by Gasteiger charge is 2.25. The van der Waals surface area contributed by atoms with E-state index in [9.17, 15) is 0 Å². The van der Waals surface area contributed by atoms with Crippen molar-refractivity contribution in [3.05, 3.63) is 242 Å². The van der Waals surface area contributed by atoms with E-state index in [-0.39, 0.29) is 5.92 Å². The third-order valence-electron chi connectivity index (χ3n) is 17.7. The van der Waals surface area contributed by atoms with Crippen LogP contribution in [0.1, 0.15) is 25.3 Å². The normalized spacial score (nSPS) is 12.5. The molecule has 19 rings (SSSR count). The van der Waals surface area contributed by atoms with Crippen molar-refractivity contribution in [1.29, 1.82) is 0 Å². The van der Waals surface area contributed by atoms with Crippen molar-refractivity contribution in [2.45, 2.75) is 19.8 Å². The minimum absolute atomic E-state index is 0.0974. The number of fused-ring (bicyclic) bond motifs is 20. The van der Waals surface area contributed by atoms with Crippen LogP contribution in [0.2, 0.25) is 0 Å². The number of benzene rings is 13. The lowest BCUT2D eigenvalue weighted by molar-refractivity contribution is 0.637. The van der Waals surface area contributed by atoms with Gasteiger partial charge in [-0.15, -0.1) is 0 Å². The molecule has 13 aromatic carbocycles. The molecule has 0 aliphatic carbocycles. The average molecular weight is 1100 g/mol. The van der Waals surface area contributed by atoms with Gasteiger partial charge in [-0.1, -0.05) is 98.8 Å². The van der Waals surface area contributed by atoms with Crippen molar-refractivity contribution in [3.8, 4) is 0 Å². The summed E-state index contributed by atoms with van der Waals surface area (Å²) >= 11 is 0. The molecule has 0 unspecified atom stereocenters. The third kappa shape index (κ3) is 6.85. The average Bonchev–Trinajstić information content (AvgIpc) is 2.08. The van der Waals surface area contributed by atoms with E-state index in [0.717, 1.165) is 193 Å². The molecule has 85 heavy (non-hydrogen) atoms. The lowest BCUT2D eigenvalue weighted by Gasteiger charge is -2.26. The number of hydrogen-bond donors (Lipinski definition) is 0. The van der Waals surface area contributed by atoms with Gasteiger partial charge in [0.1, 0.15) is 67.0 Å². The van der Waals surface area contributed by atoms with E-state index >= 15 is 0 Å². The first-order valence-electron chi connectivity index (χ1n) is 28.9. The number of hydrogen-bond acceptors (Lipinski definition) is 8. The number of para-hydroxylation sites is 4. The molecule has 6 aromatic heterocycles. The fraction of sp³-hybridized carbons (Fsp3) is 0.0390. The molecule has 6 heterocycles. The molecule has 0 aliphatic heterocycles. The monoisotopic (exact) mass is 1090 g/mol. The summed E-state index contributed by atoms with van der Waals surface area (Å²) in [4.78, 5) is 4.65. The summed E-state index contributed by atoms with van der Waals surface area (Å²) in [6.07, 6.45) is 0. The van der Waals surface area contributed by atoms with Crippen molar-refractivity contribution in [1.82, 2.24) is 0 Å². The summed E-state index contributed by atoms with van der Waals surface area (Å²) in [6.45, 7) is 4.45. The van der Waals surface area contributed by atoms with Crippen LogP contribution in [0.5, 0.6) is 0 Å². The van der Waals surface area contributed by atoms with E-state index < -0.39 is 0 Å². The highest BCUT2D eigenvalue weighted by Crippen LogP contribution is 2.48. The second-order valence-corrected chi connectivity index (χ2v) is 22.9. The SMILES string of the molecule is CC(C)c1c2oc3cc4cc(N(c5ccc6oc7ccccc7c6c5)c5ccc6oc7ccccc7c6c5)ccc4cc3c2cc2c1oc1cc3cc(N(c4ccc5oc6ccccc6c5c4)c4ccc5oc6ccccc6c5c4)ccc3cc12. The molecule has 0 radical (unpaired) electrons. The Hall–Kier alpha value is -11.2. The minimum atomic E-state index is 0.0974. The van der Waals surface area contributed by atoms with Crippen molar-refractivity contribution >= 4 is 187 Å². The zero-order valence-electron chi connectivity index (χ0n) is 45.9. The van der Waals surface area contributed by atoms with Crippen molar-refractivity contribution in [2.24, 2.45) is 0 Å². The van der Waals surface area contributed by atoms with Crippen LogP contribution in [0.3, 0.4) is 0 Å². The molecule has 0 spiro atoms. The summed E-state index contributed by atoms with van der Waals surface area (Å²) < 4.78 is 39.4. The molecule has 400 valence electrons. The molecule has 8 nitrogen and oxygen atoms in total. The third-order valence-corrected chi connectivity index (χ3v) is 17.7. The van der Waals surface area contributed by atoms with E-state index in [1.165, 1.54) is 0 Å². The Morgan fingerprint density at radius 1 is 0.224 bits per heavy atom. The minimum Gasteiger partial charge on any atom is -0.456 e. The molecule has 0 N–H and O–H groups in total. The van der Waals surface area contributed by atoms with Gasteiger partial charge in [0.15, 0.2) is 0 Å². The van der Waals surface area contributed by atoms with Crippen LogP contribution in [-0.2, 0) is 0 Å². The Labute approximate surface area is 483 Å². The Balaban J connectivity index is 0.747. The second kappa shape index (κ2) is 17.2. The Bertz CT molecular complexity index is 5470. The van der Waals surface area contributed by atoms with Gasteiger partial charge in [0, 0.05) is 104 Å². The fourth-order valence-corrected chi connectivity index (χ4v) is 13.7. The van der Waals surface area contributed by atoms with Gasteiger partial charge >= 0.3 is 0 Å².